The molecule has 0 bridgehead atoms. The number of carbonyl (C=O) groups excluding carboxylic acids is 1. The van der Waals surface area contributed by atoms with E-state index in [0.29, 0.717) is 6.42 Å². The highest BCUT2D eigenvalue weighted by Crippen LogP contribution is 2.08. The molecular formula is C10H13N3O. The van der Waals surface area contributed by atoms with Crippen LogP contribution in [0.2, 0.25) is 0 Å². The highest BCUT2D eigenvalue weighted by molar-refractivity contribution is 5.79. The van der Waals surface area contributed by atoms with Crippen molar-refractivity contribution in [2.75, 3.05) is 13.1 Å². The lowest BCUT2D eigenvalue weighted by atomic mass is 10.1. The number of hydrogen-bond donors (Lipinski definition) is 0. The van der Waals surface area contributed by atoms with Crippen LogP contribution in [0.3, 0.4) is 0 Å². The van der Waals surface area contributed by atoms with Crippen LogP contribution in [-0.2, 0) is 11.2 Å². The van der Waals surface area contributed by atoms with Gasteiger partial charge in [-0.15, -0.1) is 0 Å². The summed E-state index contributed by atoms with van der Waals surface area (Å²) in [6.07, 6.45) is 5.01. The number of hydrogen-bond acceptors (Lipinski definition) is 3. The molecule has 0 radical (unpaired) electrons. The summed E-state index contributed by atoms with van der Waals surface area (Å²) in [5.41, 5.74) is 0.896. The van der Waals surface area contributed by atoms with Crippen LogP contribution in [0.4, 0.5) is 0 Å². The minimum Gasteiger partial charge on any atom is -0.342 e. The minimum atomic E-state index is 0.184. The molecule has 2 rings (SSSR count). The van der Waals surface area contributed by atoms with Crippen molar-refractivity contribution in [3.63, 3.8) is 0 Å². The van der Waals surface area contributed by atoms with E-state index in [0.717, 1.165) is 30.9 Å². The summed E-state index contributed by atoms with van der Waals surface area (Å²) in [5, 5.41) is 0. The number of aryl methyl sites for hydroxylation is 1. The van der Waals surface area contributed by atoms with Crippen LogP contribution < -0.4 is 0 Å². The van der Waals surface area contributed by atoms with Gasteiger partial charge in [-0.05, 0) is 18.9 Å². The third-order valence-corrected chi connectivity index (χ3v) is 2.40. The summed E-state index contributed by atoms with van der Waals surface area (Å²) >= 11 is 0. The molecule has 1 aliphatic rings. The molecule has 0 N–H and O–H groups in total. The summed E-state index contributed by atoms with van der Waals surface area (Å²) < 4.78 is 0. The van der Waals surface area contributed by atoms with Crippen LogP contribution in [0, 0.1) is 6.92 Å². The molecule has 0 spiro atoms. The average molecular weight is 191 g/mol. The Bertz CT molecular complexity index is 330. The first-order valence-corrected chi connectivity index (χ1v) is 4.81. The maximum Gasteiger partial charge on any atom is 0.227 e. The fraction of sp³-hybridized carbons (Fsp3) is 0.500. The van der Waals surface area contributed by atoms with Crippen molar-refractivity contribution in [2.45, 2.75) is 19.8 Å². The third-order valence-electron chi connectivity index (χ3n) is 2.40. The van der Waals surface area contributed by atoms with Crippen molar-refractivity contribution in [3.8, 4) is 0 Å². The van der Waals surface area contributed by atoms with E-state index in [-0.39, 0.29) is 5.91 Å². The molecule has 0 unspecified atom stereocenters. The van der Waals surface area contributed by atoms with E-state index < -0.39 is 0 Å². The van der Waals surface area contributed by atoms with Gasteiger partial charge >= 0.3 is 0 Å². The molecule has 14 heavy (non-hydrogen) atoms. The van der Waals surface area contributed by atoms with E-state index in [9.17, 15) is 4.79 Å². The molecule has 1 saturated heterocycles. The Labute approximate surface area is 83.0 Å². The van der Waals surface area contributed by atoms with Crippen LogP contribution in [0.15, 0.2) is 12.4 Å². The molecule has 1 fully saturated rings. The number of nitrogens with zero attached hydrogens (tertiary/aromatic N) is 3. The lowest BCUT2D eigenvalue weighted by Crippen LogP contribution is -2.42. The van der Waals surface area contributed by atoms with Crippen LogP contribution in [0.25, 0.3) is 0 Å². The molecule has 2 heterocycles. The van der Waals surface area contributed by atoms with Gasteiger partial charge in [-0.25, -0.2) is 9.97 Å². The highest BCUT2D eigenvalue weighted by atomic mass is 16.2. The lowest BCUT2D eigenvalue weighted by Gasteiger charge is -2.30. The van der Waals surface area contributed by atoms with Gasteiger partial charge in [0.05, 0.1) is 6.42 Å². The first-order chi connectivity index (χ1) is 6.75. The molecule has 0 aromatic carbocycles. The molecule has 4 nitrogen and oxygen atoms in total. The molecular weight excluding hydrogens is 178 g/mol. The maximum absolute atomic E-state index is 11.6. The Morgan fingerprint density at radius 2 is 2.07 bits per heavy atom. The van der Waals surface area contributed by atoms with Crippen molar-refractivity contribution < 1.29 is 4.79 Å². The van der Waals surface area contributed by atoms with E-state index in [1.54, 1.807) is 12.4 Å². The van der Waals surface area contributed by atoms with Gasteiger partial charge in [0.1, 0.15) is 5.82 Å². The molecule has 74 valence electrons. The predicted molar refractivity (Wildman–Crippen MR) is 51.7 cm³/mol. The number of amides is 1. The van der Waals surface area contributed by atoms with Gasteiger partial charge in [-0.2, -0.15) is 0 Å². The molecule has 1 aliphatic heterocycles. The van der Waals surface area contributed by atoms with Crippen LogP contribution in [0.1, 0.15) is 17.8 Å². The van der Waals surface area contributed by atoms with E-state index in [2.05, 4.69) is 9.97 Å². The van der Waals surface area contributed by atoms with Gasteiger partial charge in [0.25, 0.3) is 0 Å². The molecule has 0 aliphatic carbocycles. The van der Waals surface area contributed by atoms with Crippen LogP contribution in [-0.4, -0.2) is 33.9 Å². The standard InChI is InChI=1S/C10H13N3O/c1-8-11-6-9(7-12-8)5-10(14)13-3-2-4-13/h6-7H,2-5H2,1H3. The van der Waals surface area contributed by atoms with E-state index >= 15 is 0 Å². The fourth-order valence-electron chi connectivity index (χ4n) is 1.36. The highest BCUT2D eigenvalue weighted by Gasteiger charge is 2.19. The fourth-order valence-corrected chi connectivity index (χ4v) is 1.36. The van der Waals surface area contributed by atoms with E-state index in [1.165, 1.54) is 0 Å². The Morgan fingerprint density at radius 3 is 2.57 bits per heavy atom. The SMILES string of the molecule is Cc1ncc(CC(=O)N2CCC2)cn1. The largest absolute Gasteiger partial charge is 0.342 e. The third kappa shape index (κ3) is 1.89. The number of aromatic nitrogens is 2. The molecule has 0 saturated carbocycles. The Hall–Kier alpha value is -1.45. The Balaban J connectivity index is 1.96. The summed E-state index contributed by atoms with van der Waals surface area (Å²) in [6, 6.07) is 0. The van der Waals surface area contributed by atoms with Gasteiger partial charge in [0.2, 0.25) is 5.91 Å². The van der Waals surface area contributed by atoms with Crippen molar-refractivity contribution in [1.29, 1.82) is 0 Å². The van der Waals surface area contributed by atoms with Crippen molar-refractivity contribution in [2.24, 2.45) is 0 Å². The maximum atomic E-state index is 11.6. The molecule has 1 aromatic rings. The van der Waals surface area contributed by atoms with Gasteiger partial charge in [-0.1, -0.05) is 0 Å². The second-order valence-corrected chi connectivity index (χ2v) is 3.55. The van der Waals surface area contributed by atoms with Crippen LogP contribution in [0.5, 0.6) is 0 Å². The summed E-state index contributed by atoms with van der Waals surface area (Å²) in [6.45, 7) is 3.65. The van der Waals surface area contributed by atoms with Crippen LogP contribution >= 0.6 is 0 Å². The van der Waals surface area contributed by atoms with Gasteiger partial charge in [-0.3, -0.25) is 4.79 Å². The molecule has 1 aromatic heterocycles. The van der Waals surface area contributed by atoms with E-state index in [4.69, 9.17) is 0 Å². The van der Waals surface area contributed by atoms with Crippen molar-refractivity contribution >= 4 is 5.91 Å². The summed E-state index contributed by atoms with van der Waals surface area (Å²) in [7, 11) is 0. The normalized spacial score (nSPS) is 15.1. The smallest absolute Gasteiger partial charge is 0.227 e. The van der Waals surface area contributed by atoms with Crippen molar-refractivity contribution in [1.82, 2.24) is 14.9 Å². The van der Waals surface area contributed by atoms with E-state index in [1.807, 2.05) is 11.8 Å². The first-order valence-electron chi connectivity index (χ1n) is 4.81. The first kappa shape index (κ1) is 9.12. The number of carbonyl (C=O) groups is 1. The Kier molecular flexibility index (Phi) is 2.43. The minimum absolute atomic E-state index is 0.184. The van der Waals surface area contributed by atoms with Gasteiger partial charge in [0, 0.05) is 25.5 Å². The number of likely N-dealkylation sites (tertiary alicyclic amines) is 1. The molecule has 1 amide bonds. The quantitative estimate of drug-likeness (QED) is 0.686. The zero-order valence-corrected chi connectivity index (χ0v) is 8.23. The number of rotatable bonds is 2. The lowest BCUT2D eigenvalue weighted by molar-refractivity contribution is -0.133. The summed E-state index contributed by atoms with van der Waals surface area (Å²) in [4.78, 5) is 21.5. The second kappa shape index (κ2) is 3.74. The molecule has 0 atom stereocenters. The predicted octanol–water partition coefficient (Wildman–Crippen LogP) is 0.560. The van der Waals surface area contributed by atoms with Gasteiger partial charge in [0.15, 0.2) is 0 Å². The topological polar surface area (TPSA) is 46.1 Å². The molecule has 4 heteroatoms. The Morgan fingerprint density at radius 1 is 1.43 bits per heavy atom. The van der Waals surface area contributed by atoms with Crippen molar-refractivity contribution in [3.05, 3.63) is 23.8 Å². The van der Waals surface area contributed by atoms with Gasteiger partial charge < -0.3 is 4.90 Å². The summed E-state index contributed by atoms with van der Waals surface area (Å²) in [5.74, 6) is 0.925. The second-order valence-electron chi connectivity index (χ2n) is 3.55. The monoisotopic (exact) mass is 191 g/mol. The zero-order valence-electron chi connectivity index (χ0n) is 8.23. The zero-order chi connectivity index (χ0) is 9.97. The average Bonchev–Trinajstić information content (AvgIpc) is 2.06.